The van der Waals surface area contributed by atoms with Crippen molar-refractivity contribution < 1.29 is 19.1 Å². The molecule has 0 aliphatic rings. The molecule has 7 nitrogen and oxygen atoms in total. The van der Waals surface area contributed by atoms with Gasteiger partial charge in [0.2, 0.25) is 5.88 Å². The van der Waals surface area contributed by atoms with Crippen LogP contribution in [0.2, 0.25) is 18.1 Å². The van der Waals surface area contributed by atoms with Gasteiger partial charge in [0, 0.05) is 29.4 Å². The number of pyridine rings is 2. The van der Waals surface area contributed by atoms with Crippen molar-refractivity contribution in [2.45, 2.75) is 52.2 Å². The molecule has 0 saturated heterocycles. The summed E-state index contributed by atoms with van der Waals surface area (Å²) in [5, 5.41) is 11.5. The summed E-state index contributed by atoms with van der Waals surface area (Å²) in [5.74, 6) is 0.490. The van der Waals surface area contributed by atoms with Crippen LogP contribution in [-0.4, -0.2) is 42.7 Å². The minimum absolute atomic E-state index is 0.141. The summed E-state index contributed by atoms with van der Waals surface area (Å²) in [4.78, 5) is 19.9. The molecule has 31 heavy (non-hydrogen) atoms. The van der Waals surface area contributed by atoms with Crippen LogP contribution in [0.15, 0.2) is 37.1 Å². The van der Waals surface area contributed by atoms with E-state index in [1.54, 1.807) is 12.1 Å². The lowest BCUT2D eigenvalue weighted by Crippen LogP contribution is -2.41. The third kappa shape index (κ3) is 6.90. The zero-order chi connectivity index (χ0) is 23.2. The Bertz CT molecular complexity index is 939. The number of nitrogens with zero attached hydrogens (tertiary/aromatic N) is 2. The molecule has 168 valence electrons. The summed E-state index contributed by atoms with van der Waals surface area (Å²) in [6, 6.07) is 5.54. The summed E-state index contributed by atoms with van der Waals surface area (Å²) in [6.45, 7) is 17.6. The Balaban J connectivity index is 2.23. The number of aromatic nitrogens is 2. The number of hydrogen-bond donors (Lipinski definition) is 2. The van der Waals surface area contributed by atoms with E-state index in [0.717, 1.165) is 22.5 Å². The van der Waals surface area contributed by atoms with Gasteiger partial charge in [-0.15, -0.1) is 6.58 Å². The molecule has 2 rings (SSSR count). The fraction of sp³-hybridized carbons (Fsp3) is 0.435. The predicted molar refractivity (Wildman–Crippen MR) is 126 cm³/mol. The monoisotopic (exact) mass is 443 g/mol. The molecule has 0 atom stereocenters. The Hall–Kier alpha value is -2.71. The minimum atomic E-state index is -1.83. The number of amides is 1. The van der Waals surface area contributed by atoms with Crippen molar-refractivity contribution in [3.63, 3.8) is 0 Å². The van der Waals surface area contributed by atoms with E-state index in [2.05, 4.69) is 55.7 Å². The second-order valence-corrected chi connectivity index (χ2v) is 13.7. The number of carboxylic acid groups (broad SMARTS) is 1. The highest BCUT2D eigenvalue weighted by molar-refractivity contribution is 6.74. The third-order valence-corrected chi connectivity index (χ3v) is 10.00. The lowest BCUT2D eigenvalue weighted by Gasteiger charge is -2.36. The van der Waals surface area contributed by atoms with Gasteiger partial charge in [-0.05, 0) is 42.8 Å². The van der Waals surface area contributed by atoms with Crippen LogP contribution >= 0.6 is 0 Å². The predicted octanol–water partition coefficient (Wildman–Crippen LogP) is 5.67. The molecule has 2 N–H and O–H groups in total. The fourth-order valence-corrected chi connectivity index (χ4v) is 3.75. The van der Waals surface area contributed by atoms with Gasteiger partial charge in [0.05, 0.1) is 18.5 Å². The second-order valence-electron chi connectivity index (χ2n) is 8.92. The van der Waals surface area contributed by atoms with Crippen LogP contribution in [0.4, 0.5) is 10.5 Å². The molecule has 1 amide bonds. The van der Waals surface area contributed by atoms with Gasteiger partial charge in [0.1, 0.15) is 6.61 Å². The van der Waals surface area contributed by atoms with E-state index in [4.69, 9.17) is 14.3 Å². The number of anilines is 1. The van der Waals surface area contributed by atoms with Crippen molar-refractivity contribution in [1.29, 1.82) is 0 Å². The molecule has 0 unspecified atom stereocenters. The second kappa shape index (κ2) is 10.1. The van der Waals surface area contributed by atoms with Crippen LogP contribution in [0.25, 0.3) is 11.1 Å². The third-order valence-electron chi connectivity index (χ3n) is 5.46. The van der Waals surface area contributed by atoms with Gasteiger partial charge in [0.15, 0.2) is 8.32 Å². The highest BCUT2D eigenvalue weighted by Gasteiger charge is 2.36. The maximum Gasteiger partial charge on any atom is 0.409 e. The molecule has 0 fully saturated rings. The molecule has 0 aliphatic heterocycles. The first-order valence-corrected chi connectivity index (χ1v) is 13.2. The molecule has 0 radical (unpaired) electrons. The topological polar surface area (TPSA) is 93.6 Å². The average Bonchev–Trinajstić information content (AvgIpc) is 2.65. The zero-order valence-electron chi connectivity index (χ0n) is 19.3. The quantitative estimate of drug-likeness (QED) is 0.295. The molecule has 2 heterocycles. The van der Waals surface area contributed by atoms with Gasteiger partial charge in [-0.25, -0.2) is 9.78 Å². The highest BCUT2D eigenvalue weighted by atomic mass is 28.4. The Morgan fingerprint density at radius 3 is 2.58 bits per heavy atom. The summed E-state index contributed by atoms with van der Waals surface area (Å²) < 4.78 is 12.1. The first kappa shape index (κ1) is 24.6. The lowest BCUT2D eigenvalue weighted by molar-refractivity contribution is 0.199. The maximum atomic E-state index is 11.0. The smallest absolute Gasteiger partial charge is 0.409 e. The van der Waals surface area contributed by atoms with Crippen molar-refractivity contribution in [3.05, 3.63) is 48.4 Å². The summed E-state index contributed by atoms with van der Waals surface area (Å²) in [7, 11) is -1.83. The van der Waals surface area contributed by atoms with Crippen molar-refractivity contribution >= 4 is 20.1 Å². The van der Waals surface area contributed by atoms with E-state index in [1.165, 1.54) is 6.20 Å². The van der Waals surface area contributed by atoms with Crippen molar-refractivity contribution in [3.8, 4) is 17.0 Å². The number of nitrogens with one attached hydrogen (secondary N) is 1. The van der Waals surface area contributed by atoms with Crippen LogP contribution in [0.1, 0.15) is 32.2 Å². The van der Waals surface area contributed by atoms with Gasteiger partial charge in [0.25, 0.3) is 0 Å². The van der Waals surface area contributed by atoms with Gasteiger partial charge >= 0.3 is 6.09 Å². The summed E-state index contributed by atoms with van der Waals surface area (Å²) >= 11 is 0. The Morgan fingerprint density at radius 1 is 1.26 bits per heavy atom. The molecular formula is C23H33N3O4Si. The van der Waals surface area contributed by atoms with Crippen LogP contribution < -0.4 is 10.1 Å². The highest BCUT2D eigenvalue weighted by Crippen LogP contribution is 2.36. The SMILES string of the molecule is C=CCc1cc(-c2cc(NC(=O)O)cnc2C)cc(OCCO[Si](C)(C)C(C)(C)C)n1. The van der Waals surface area contributed by atoms with E-state index in [1.807, 2.05) is 19.1 Å². The normalized spacial score (nSPS) is 11.8. The molecule has 2 aromatic heterocycles. The van der Waals surface area contributed by atoms with Crippen molar-refractivity contribution in [1.82, 2.24) is 9.97 Å². The van der Waals surface area contributed by atoms with Crippen LogP contribution in [0.3, 0.4) is 0 Å². The number of aryl methyl sites for hydroxylation is 1. The van der Waals surface area contributed by atoms with Crippen LogP contribution in [-0.2, 0) is 10.8 Å². The standard InChI is InChI=1S/C23H33N3O4Si/c1-8-9-18-12-17(20-14-19(26-22(27)28)15-24-16(20)2)13-21(25-18)29-10-11-30-31(6,7)23(3,4)5/h8,12-15,26H,1,9-11H2,2-7H3,(H,27,28). The van der Waals surface area contributed by atoms with Crippen LogP contribution in [0, 0.1) is 6.92 Å². The van der Waals surface area contributed by atoms with Crippen molar-refractivity contribution in [2.75, 3.05) is 18.5 Å². The van der Waals surface area contributed by atoms with Crippen LogP contribution in [0.5, 0.6) is 5.88 Å². The molecular weight excluding hydrogens is 410 g/mol. The van der Waals surface area contributed by atoms with E-state index in [9.17, 15) is 4.79 Å². The van der Waals surface area contributed by atoms with E-state index in [-0.39, 0.29) is 5.04 Å². The minimum Gasteiger partial charge on any atom is -0.475 e. The Morgan fingerprint density at radius 2 is 1.97 bits per heavy atom. The fourth-order valence-electron chi connectivity index (χ4n) is 2.72. The molecule has 8 heteroatoms. The van der Waals surface area contributed by atoms with Gasteiger partial charge in [-0.1, -0.05) is 26.8 Å². The summed E-state index contributed by atoms with van der Waals surface area (Å²) in [5.41, 5.74) is 3.65. The summed E-state index contributed by atoms with van der Waals surface area (Å²) in [6.07, 6.45) is 2.73. The number of carbonyl (C=O) groups is 1. The van der Waals surface area contributed by atoms with E-state index in [0.29, 0.717) is 31.2 Å². The molecule has 0 aromatic carbocycles. The molecule has 2 aromatic rings. The molecule has 0 aliphatic carbocycles. The van der Waals surface area contributed by atoms with Crippen molar-refractivity contribution in [2.24, 2.45) is 0 Å². The average molecular weight is 444 g/mol. The molecule has 0 bridgehead atoms. The number of ether oxygens (including phenoxy) is 1. The first-order chi connectivity index (χ1) is 14.4. The number of rotatable bonds is 9. The molecule has 0 saturated carbocycles. The van der Waals surface area contributed by atoms with Gasteiger partial charge < -0.3 is 14.3 Å². The lowest BCUT2D eigenvalue weighted by atomic mass is 10.0. The number of allylic oxidation sites excluding steroid dienone is 1. The van der Waals surface area contributed by atoms with Gasteiger partial charge in [-0.2, -0.15) is 0 Å². The first-order valence-electron chi connectivity index (χ1n) is 10.3. The molecule has 0 spiro atoms. The van der Waals surface area contributed by atoms with Gasteiger partial charge in [-0.3, -0.25) is 10.3 Å². The van der Waals surface area contributed by atoms with E-state index >= 15 is 0 Å². The Labute approximate surface area is 185 Å². The Kier molecular flexibility index (Phi) is 7.97. The zero-order valence-corrected chi connectivity index (χ0v) is 20.3. The van der Waals surface area contributed by atoms with E-state index < -0.39 is 14.4 Å². The maximum absolute atomic E-state index is 11.0. The largest absolute Gasteiger partial charge is 0.475 e. The number of hydrogen-bond acceptors (Lipinski definition) is 5.